The van der Waals surface area contributed by atoms with Gasteiger partial charge in [-0.15, -0.1) is 0 Å². The van der Waals surface area contributed by atoms with Gasteiger partial charge in [-0.05, 0) is 61.6 Å². The molecule has 1 aliphatic heterocycles. The molecule has 5 rings (SSSR count). The highest BCUT2D eigenvalue weighted by Crippen LogP contribution is 2.43. The van der Waals surface area contributed by atoms with Gasteiger partial charge in [0.15, 0.2) is 5.11 Å². The fraction of sp³-hybridized carbons (Fsp3) is 0.115. The summed E-state index contributed by atoms with van der Waals surface area (Å²) >= 11 is 5.73. The first kappa shape index (κ1) is 20.9. The zero-order chi connectivity index (χ0) is 22.9. The van der Waals surface area contributed by atoms with E-state index in [1.54, 1.807) is 36.5 Å². The number of thiocarbonyl (C=S) groups is 1. The summed E-state index contributed by atoms with van der Waals surface area (Å²) in [6, 6.07) is 23.9. The number of aryl methyl sites for hydroxylation is 1. The van der Waals surface area contributed by atoms with Gasteiger partial charge in [0.2, 0.25) is 0 Å². The highest BCUT2D eigenvalue weighted by atomic mass is 32.1. The van der Waals surface area contributed by atoms with Gasteiger partial charge in [0, 0.05) is 17.4 Å². The lowest BCUT2D eigenvalue weighted by Gasteiger charge is -2.26. The van der Waals surface area contributed by atoms with Crippen LogP contribution < -0.4 is 10.2 Å². The van der Waals surface area contributed by atoms with Crippen LogP contribution in [0.2, 0.25) is 0 Å². The average molecular weight is 456 g/mol. The molecule has 0 amide bonds. The summed E-state index contributed by atoms with van der Waals surface area (Å²) in [4.78, 5) is 18.3. The second-order valence-electron chi connectivity index (χ2n) is 7.88. The molecule has 1 fully saturated rings. The van der Waals surface area contributed by atoms with E-state index in [0.29, 0.717) is 22.2 Å². The molecule has 33 heavy (non-hydrogen) atoms. The van der Waals surface area contributed by atoms with Gasteiger partial charge in [0.05, 0.1) is 17.3 Å². The molecule has 2 aromatic carbocycles. The van der Waals surface area contributed by atoms with Crippen molar-refractivity contribution in [3.8, 4) is 11.3 Å². The van der Waals surface area contributed by atoms with Crippen molar-refractivity contribution in [3.63, 3.8) is 0 Å². The molecule has 0 radical (unpaired) electrons. The third-order valence-electron chi connectivity index (χ3n) is 5.75. The van der Waals surface area contributed by atoms with Gasteiger partial charge in [-0.3, -0.25) is 4.98 Å². The number of nitrogens with one attached hydrogen (secondary N) is 1. The Morgan fingerprint density at radius 2 is 1.79 bits per heavy atom. The molecule has 164 valence electrons. The Bertz CT molecular complexity index is 1320. The van der Waals surface area contributed by atoms with Gasteiger partial charge in [-0.1, -0.05) is 42.0 Å². The van der Waals surface area contributed by atoms with E-state index in [4.69, 9.17) is 16.6 Å². The summed E-state index contributed by atoms with van der Waals surface area (Å²) in [6.07, 6.45) is 1.75. The SMILES string of the molecule is Cc1ccc(N2C(=S)NC(c3ccccn3)C2c2ccc(-c3ccccc3C(=O)O)o2)cc1. The Morgan fingerprint density at radius 3 is 2.52 bits per heavy atom. The Balaban J connectivity index is 1.61. The quantitative estimate of drug-likeness (QED) is 0.383. The summed E-state index contributed by atoms with van der Waals surface area (Å²) in [7, 11) is 0. The standard InChI is InChI=1S/C26H21N3O3S/c1-16-9-11-17(12-10-16)29-24(23(28-26(29)33)20-8-4-5-15-27-20)22-14-13-21(32-22)18-6-2-3-7-19(18)25(30)31/h2-15,23-24H,1H3,(H,28,33)(H,30,31). The first-order valence-corrected chi connectivity index (χ1v) is 10.9. The number of rotatable bonds is 5. The smallest absolute Gasteiger partial charge is 0.336 e. The molecule has 0 aliphatic carbocycles. The number of nitrogens with zero attached hydrogens (tertiary/aromatic N) is 2. The summed E-state index contributed by atoms with van der Waals surface area (Å²) in [6.45, 7) is 2.04. The van der Waals surface area contributed by atoms with Crippen molar-refractivity contribution in [1.29, 1.82) is 0 Å². The molecule has 4 aromatic rings. The normalized spacial score (nSPS) is 17.7. The van der Waals surface area contributed by atoms with Crippen LogP contribution in [0.5, 0.6) is 0 Å². The molecule has 2 atom stereocenters. The third-order valence-corrected chi connectivity index (χ3v) is 6.07. The van der Waals surface area contributed by atoms with Gasteiger partial charge in [-0.2, -0.15) is 0 Å². The van der Waals surface area contributed by atoms with Crippen molar-refractivity contribution in [1.82, 2.24) is 10.3 Å². The molecular formula is C26H21N3O3S. The van der Waals surface area contributed by atoms with E-state index in [9.17, 15) is 9.90 Å². The van der Waals surface area contributed by atoms with E-state index in [0.717, 1.165) is 16.9 Å². The number of furan rings is 1. The second kappa shape index (κ2) is 8.52. The van der Waals surface area contributed by atoms with E-state index in [-0.39, 0.29) is 17.6 Å². The summed E-state index contributed by atoms with van der Waals surface area (Å²) < 4.78 is 6.29. The number of pyridine rings is 1. The number of aromatic carboxylic acids is 1. The van der Waals surface area contributed by atoms with Gasteiger partial charge < -0.3 is 19.7 Å². The van der Waals surface area contributed by atoms with E-state index < -0.39 is 5.97 Å². The van der Waals surface area contributed by atoms with Crippen LogP contribution in [0.3, 0.4) is 0 Å². The van der Waals surface area contributed by atoms with Crippen molar-refractivity contribution < 1.29 is 14.3 Å². The molecule has 2 aromatic heterocycles. The van der Waals surface area contributed by atoms with Crippen molar-refractivity contribution in [2.75, 3.05) is 4.90 Å². The fourth-order valence-electron chi connectivity index (χ4n) is 4.17. The van der Waals surface area contributed by atoms with Crippen molar-refractivity contribution in [2.45, 2.75) is 19.0 Å². The zero-order valence-electron chi connectivity index (χ0n) is 17.8. The zero-order valence-corrected chi connectivity index (χ0v) is 18.6. The van der Waals surface area contributed by atoms with Crippen LogP contribution in [-0.4, -0.2) is 21.2 Å². The van der Waals surface area contributed by atoms with E-state index >= 15 is 0 Å². The molecule has 3 heterocycles. The number of carboxylic acids is 1. The predicted molar refractivity (Wildman–Crippen MR) is 130 cm³/mol. The molecule has 1 saturated heterocycles. The van der Waals surface area contributed by atoms with Gasteiger partial charge in [-0.25, -0.2) is 4.79 Å². The van der Waals surface area contributed by atoms with Crippen molar-refractivity contribution >= 4 is 29.0 Å². The number of benzene rings is 2. The predicted octanol–water partition coefficient (Wildman–Crippen LogP) is 5.53. The van der Waals surface area contributed by atoms with Crippen molar-refractivity contribution in [3.05, 3.63) is 108 Å². The third kappa shape index (κ3) is 3.87. The Kier molecular flexibility index (Phi) is 5.40. The van der Waals surface area contributed by atoms with Crippen LogP contribution in [0.15, 0.2) is 89.5 Å². The van der Waals surface area contributed by atoms with Crippen LogP contribution in [0.1, 0.15) is 39.5 Å². The van der Waals surface area contributed by atoms with Gasteiger partial charge >= 0.3 is 5.97 Å². The van der Waals surface area contributed by atoms with E-state index in [1.807, 2.05) is 60.4 Å². The highest BCUT2D eigenvalue weighted by molar-refractivity contribution is 7.80. The van der Waals surface area contributed by atoms with Crippen LogP contribution in [0.25, 0.3) is 11.3 Å². The number of anilines is 1. The molecule has 2 unspecified atom stereocenters. The Morgan fingerprint density at radius 1 is 1.03 bits per heavy atom. The van der Waals surface area contributed by atoms with E-state index in [1.165, 1.54) is 0 Å². The van der Waals surface area contributed by atoms with Crippen LogP contribution in [0.4, 0.5) is 5.69 Å². The van der Waals surface area contributed by atoms with Crippen LogP contribution >= 0.6 is 12.2 Å². The highest BCUT2D eigenvalue weighted by Gasteiger charge is 2.42. The van der Waals surface area contributed by atoms with Crippen LogP contribution in [0, 0.1) is 6.92 Å². The maximum atomic E-state index is 11.7. The molecule has 0 bridgehead atoms. The number of hydrogen-bond acceptors (Lipinski definition) is 4. The lowest BCUT2D eigenvalue weighted by molar-refractivity contribution is 0.0697. The summed E-state index contributed by atoms with van der Waals surface area (Å²) in [5, 5.41) is 13.6. The van der Waals surface area contributed by atoms with Crippen molar-refractivity contribution in [2.24, 2.45) is 0 Å². The number of aromatic nitrogens is 1. The molecule has 6 nitrogen and oxygen atoms in total. The largest absolute Gasteiger partial charge is 0.478 e. The molecule has 0 spiro atoms. The van der Waals surface area contributed by atoms with Gasteiger partial charge in [0.1, 0.15) is 17.6 Å². The first-order valence-electron chi connectivity index (χ1n) is 10.5. The number of carboxylic acid groups (broad SMARTS) is 1. The Labute approximate surface area is 196 Å². The minimum absolute atomic E-state index is 0.190. The van der Waals surface area contributed by atoms with Crippen LogP contribution in [-0.2, 0) is 0 Å². The molecular weight excluding hydrogens is 434 g/mol. The number of hydrogen-bond donors (Lipinski definition) is 2. The summed E-state index contributed by atoms with van der Waals surface area (Å²) in [5.41, 5.74) is 3.64. The Hall–Kier alpha value is -3.97. The minimum Gasteiger partial charge on any atom is -0.478 e. The average Bonchev–Trinajstić information content (AvgIpc) is 3.45. The fourth-order valence-corrected chi connectivity index (χ4v) is 4.51. The first-order chi connectivity index (χ1) is 16.0. The van der Waals surface area contributed by atoms with E-state index in [2.05, 4.69) is 10.3 Å². The topological polar surface area (TPSA) is 78.6 Å². The maximum Gasteiger partial charge on any atom is 0.336 e. The van der Waals surface area contributed by atoms with Gasteiger partial charge in [0.25, 0.3) is 0 Å². The second-order valence-corrected chi connectivity index (χ2v) is 8.27. The molecule has 7 heteroatoms. The lowest BCUT2D eigenvalue weighted by atomic mass is 10.0. The molecule has 2 N–H and O–H groups in total. The molecule has 1 aliphatic rings. The maximum absolute atomic E-state index is 11.7. The molecule has 0 saturated carbocycles. The monoisotopic (exact) mass is 455 g/mol. The summed E-state index contributed by atoms with van der Waals surface area (Å²) in [5.74, 6) is 0.151. The number of carbonyl (C=O) groups is 1. The minimum atomic E-state index is -1.00. The lowest BCUT2D eigenvalue weighted by Crippen LogP contribution is -2.29.